The zero-order chi connectivity index (χ0) is 12.8. The van der Waals surface area contributed by atoms with E-state index in [9.17, 15) is 0 Å². The summed E-state index contributed by atoms with van der Waals surface area (Å²) in [6, 6.07) is 10.1. The van der Waals surface area contributed by atoms with Crippen LogP contribution in [0.25, 0.3) is 0 Å². The highest BCUT2D eigenvalue weighted by Gasteiger charge is 2.43. The van der Waals surface area contributed by atoms with Crippen molar-refractivity contribution in [2.24, 2.45) is 0 Å². The van der Waals surface area contributed by atoms with Crippen molar-refractivity contribution in [2.75, 3.05) is 0 Å². The summed E-state index contributed by atoms with van der Waals surface area (Å²) in [5, 5.41) is 0. The summed E-state index contributed by atoms with van der Waals surface area (Å²) in [5.74, 6) is 0. The highest BCUT2D eigenvalue weighted by Crippen LogP contribution is 2.53. The van der Waals surface area contributed by atoms with Crippen molar-refractivity contribution in [1.82, 2.24) is 14.9 Å². The average molecular weight is 251 g/mol. The molecule has 0 spiro atoms. The van der Waals surface area contributed by atoms with Crippen molar-refractivity contribution < 1.29 is 0 Å². The van der Waals surface area contributed by atoms with Crippen LogP contribution in [0.1, 0.15) is 47.4 Å². The predicted molar refractivity (Wildman–Crippen MR) is 73.5 cm³/mol. The number of aryl methyl sites for hydroxylation is 1. The Morgan fingerprint density at radius 2 is 1.79 bits per heavy atom. The summed E-state index contributed by atoms with van der Waals surface area (Å²) < 4.78 is 0. The minimum absolute atomic E-state index is 0.587. The number of hydrogen-bond donors (Lipinski definition) is 0. The first-order chi connectivity index (χ1) is 9.33. The van der Waals surface area contributed by atoms with Crippen LogP contribution < -0.4 is 0 Å². The lowest BCUT2D eigenvalue weighted by Crippen LogP contribution is -2.20. The molecule has 1 aromatic carbocycles. The summed E-state index contributed by atoms with van der Waals surface area (Å²) in [6.45, 7) is 2.92. The van der Waals surface area contributed by atoms with Crippen LogP contribution in [0, 0.1) is 6.92 Å². The molecule has 0 amide bonds. The molecular formula is C16H17N3. The molecule has 2 bridgehead atoms. The lowest BCUT2D eigenvalue weighted by Gasteiger charge is -2.21. The Hall–Kier alpha value is -1.74. The fourth-order valence-corrected chi connectivity index (χ4v) is 3.65. The second kappa shape index (κ2) is 4.14. The molecule has 1 aromatic heterocycles. The lowest BCUT2D eigenvalue weighted by atomic mass is 9.92. The van der Waals surface area contributed by atoms with Gasteiger partial charge in [-0.15, -0.1) is 0 Å². The third-order valence-corrected chi connectivity index (χ3v) is 4.38. The number of hydrogen-bond acceptors (Lipinski definition) is 3. The molecule has 3 nitrogen and oxygen atoms in total. The molecule has 19 heavy (non-hydrogen) atoms. The van der Waals surface area contributed by atoms with Gasteiger partial charge in [0.15, 0.2) is 0 Å². The Labute approximate surface area is 113 Å². The first-order valence-corrected chi connectivity index (χ1v) is 6.95. The van der Waals surface area contributed by atoms with Gasteiger partial charge in [-0.2, -0.15) is 0 Å². The van der Waals surface area contributed by atoms with Gasteiger partial charge in [0.25, 0.3) is 0 Å². The molecule has 0 aliphatic carbocycles. The van der Waals surface area contributed by atoms with E-state index < -0.39 is 0 Å². The molecule has 0 radical (unpaired) electrons. The summed E-state index contributed by atoms with van der Waals surface area (Å²) in [6.07, 6.45) is 6.27. The van der Waals surface area contributed by atoms with Crippen molar-refractivity contribution in [3.05, 3.63) is 59.2 Å². The molecule has 1 saturated heterocycles. The molecule has 4 rings (SSSR count). The molecular weight excluding hydrogens is 234 g/mol. The fourth-order valence-electron chi connectivity index (χ4n) is 3.65. The van der Waals surface area contributed by atoms with Crippen LogP contribution in [-0.4, -0.2) is 14.9 Å². The van der Waals surface area contributed by atoms with E-state index in [4.69, 9.17) is 0 Å². The monoisotopic (exact) mass is 251 g/mol. The van der Waals surface area contributed by atoms with E-state index >= 15 is 0 Å². The molecule has 1 fully saturated rings. The lowest BCUT2D eigenvalue weighted by molar-refractivity contribution is 0.211. The fraction of sp³-hybridized carbons (Fsp3) is 0.375. The Balaban J connectivity index is 1.65. The maximum atomic E-state index is 4.59. The largest absolute Gasteiger partial charge is 0.283 e. The molecule has 3 heteroatoms. The van der Waals surface area contributed by atoms with Gasteiger partial charge in [0.05, 0.1) is 11.4 Å². The van der Waals surface area contributed by atoms with Crippen LogP contribution >= 0.6 is 0 Å². The van der Waals surface area contributed by atoms with E-state index in [2.05, 4.69) is 39.1 Å². The Morgan fingerprint density at radius 3 is 2.42 bits per heavy atom. The number of aromatic nitrogens is 2. The smallest absolute Gasteiger partial charge is 0.0730 e. The zero-order valence-corrected chi connectivity index (χ0v) is 11.1. The van der Waals surface area contributed by atoms with E-state index in [1.54, 1.807) is 0 Å². The summed E-state index contributed by atoms with van der Waals surface area (Å²) in [7, 11) is 0. The predicted octanol–water partition coefficient (Wildman–Crippen LogP) is 3.18. The minimum Gasteiger partial charge on any atom is -0.283 e. The van der Waals surface area contributed by atoms with Crippen LogP contribution in [0.5, 0.6) is 0 Å². The van der Waals surface area contributed by atoms with Crippen molar-refractivity contribution in [1.29, 1.82) is 0 Å². The third-order valence-electron chi connectivity index (χ3n) is 4.38. The average Bonchev–Trinajstić information content (AvgIpc) is 2.95. The molecule has 0 saturated carbocycles. The highest BCUT2D eigenvalue weighted by molar-refractivity contribution is 5.40. The van der Waals surface area contributed by atoms with Gasteiger partial charge in [-0.25, -0.2) is 0 Å². The maximum absolute atomic E-state index is 4.59. The summed E-state index contributed by atoms with van der Waals surface area (Å²) >= 11 is 0. The quantitative estimate of drug-likeness (QED) is 0.821. The number of nitrogens with zero attached hydrogens (tertiary/aromatic N) is 3. The highest BCUT2D eigenvalue weighted by atomic mass is 15.2. The molecule has 2 atom stereocenters. The van der Waals surface area contributed by atoms with Crippen LogP contribution in [0.4, 0.5) is 0 Å². The SMILES string of the molecule is Cc1cncc(CN2C3CCC2c2ccccc23)n1. The van der Waals surface area contributed by atoms with Crippen LogP contribution in [0.15, 0.2) is 36.7 Å². The van der Waals surface area contributed by atoms with E-state index in [1.807, 2.05) is 19.3 Å². The molecule has 2 aliphatic heterocycles. The topological polar surface area (TPSA) is 29.0 Å². The van der Waals surface area contributed by atoms with Gasteiger partial charge in [-0.05, 0) is 30.9 Å². The van der Waals surface area contributed by atoms with Gasteiger partial charge in [-0.1, -0.05) is 24.3 Å². The molecule has 2 unspecified atom stereocenters. The van der Waals surface area contributed by atoms with Gasteiger partial charge in [0, 0.05) is 31.0 Å². The van der Waals surface area contributed by atoms with Gasteiger partial charge >= 0.3 is 0 Å². The molecule has 2 aromatic rings. The van der Waals surface area contributed by atoms with Crippen molar-refractivity contribution in [2.45, 2.75) is 38.4 Å². The molecule has 96 valence electrons. The van der Waals surface area contributed by atoms with Gasteiger partial charge in [0.2, 0.25) is 0 Å². The van der Waals surface area contributed by atoms with Gasteiger partial charge < -0.3 is 0 Å². The first kappa shape index (κ1) is 11.1. The van der Waals surface area contributed by atoms with Crippen molar-refractivity contribution in [3.8, 4) is 0 Å². The third kappa shape index (κ3) is 1.69. The first-order valence-electron chi connectivity index (χ1n) is 6.95. The Bertz CT molecular complexity index is 592. The minimum atomic E-state index is 0.587. The van der Waals surface area contributed by atoms with Crippen molar-refractivity contribution >= 4 is 0 Å². The standard InChI is InChI=1S/C16H17N3/c1-11-8-17-9-12(18-11)10-19-15-6-7-16(19)14-5-3-2-4-13(14)15/h2-5,8-9,15-16H,6-7,10H2,1H3. The van der Waals surface area contributed by atoms with Crippen LogP contribution in [-0.2, 0) is 6.54 Å². The van der Waals surface area contributed by atoms with E-state index in [0.29, 0.717) is 12.1 Å². The second-order valence-corrected chi connectivity index (χ2v) is 5.56. The van der Waals surface area contributed by atoms with E-state index in [1.165, 1.54) is 24.0 Å². The second-order valence-electron chi connectivity index (χ2n) is 5.56. The number of rotatable bonds is 2. The van der Waals surface area contributed by atoms with Crippen LogP contribution in [0.2, 0.25) is 0 Å². The summed E-state index contributed by atoms with van der Waals surface area (Å²) in [5.41, 5.74) is 5.14. The molecule has 3 heterocycles. The Kier molecular flexibility index (Phi) is 2.42. The summed E-state index contributed by atoms with van der Waals surface area (Å²) in [4.78, 5) is 11.4. The van der Waals surface area contributed by atoms with E-state index in [0.717, 1.165) is 17.9 Å². The molecule has 0 N–H and O–H groups in total. The number of fused-ring (bicyclic) bond motifs is 5. The van der Waals surface area contributed by atoms with E-state index in [-0.39, 0.29) is 0 Å². The van der Waals surface area contributed by atoms with Crippen molar-refractivity contribution in [3.63, 3.8) is 0 Å². The maximum Gasteiger partial charge on any atom is 0.0730 e. The Morgan fingerprint density at radius 1 is 1.11 bits per heavy atom. The van der Waals surface area contributed by atoms with Gasteiger partial charge in [-0.3, -0.25) is 14.9 Å². The normalized spacial score (nSPS) is 24.7. The zero-order valence-electron chi connectivity index (χ0n) is 11.1. The van der Waals surface area contributed by atoms with Crippen LogP contribution in [0.3, 0.4) is 0 Å². The van der Waals surface area contributed by atoms with Gasteiger partial charge in [0.1, 0.15) is 0 Å². The molecule has 2 aliphatic rings. The number of benzene rings is 1.